The van der Waals surface area contributed by atoms with E-state index < -0.39 is 0 Å². The number of rotatable bonds is 5. The molecule has 0 bridgehead atoms. The van der Waals surface area contributed by atoms with Crippen LogP contribution in [-0.2, 0) is 13.0 Å². The molecule has 1 aliphatic rings. The summed E-state index contributed by atoms with van der Waals surface area (Å²) >= 11 is 0. The molecule has 2 aromatic carbocycles. The topological polar surface area (TPSA) is 55.3 Å². The molecule has 0 amide bonds. The summed E-state index contributed by atoms with van der Waals surface area (Å²) in [5.41, 5.74) is 10.1. The van der Waals surface area contributed by atoms with Crippen LogP contribution in [0.15, 0.2) is 53.1 Å². The predicted octanol–water partition coefficient (Wildman–Crippen LogP) is 4.25. The van der Waals surface area contributed by atoms with Gasteiger partial charge in [-0.1, -0.05) is 41.6 Å². The van der Waals surface area contributed by atoms with Gasteiger partial charge in [0, 0.05) is 12.2 Å². The normalized spacial score (nSPS) is 16.5. The second-order valence-electron chi connectivity index (χ2n) is 7.09. The lowest BCUT2D eigenvalue weighted by molar-refractivity contribution is 0.172. The maximum atomic E-state index is 6.10. The van der Waals surface area contributed by atoms with Crippen LogP contribution >= 0.6 is 0 Å². The number of aromatic nitrogens is 1. The smallest absolute Gasteiger partial charge is 0.169 e. The lowest BCUT2D eigenvalue weighted by atomic mass is 9.91. The van der Waals surface area contributed by atoms with Crippen molar-refractivity contribution < 1.29 is 4.52 Å². The minimum absolute atomic E-state index is 0.767. The molecule has 130 valence electrons. The van der Waals surface area contributed by atoms with Gasteiger partial charge in [-0.2, -0.15) is 0 Å². The summed E-state index contributed by atoms with van der Waals surface area (Å²) in [5, 5.41) is 5.25. The Morgan fingerprint density at radius 1 is 1.04 bits per heavy atom. The highest BCUT2D eigenvalue weighted by Crippen LogP contribution is 2.28. The van der Waals surface area contributed by atoms with Crippen LogP contribution in [0.25, 0.3) is 11.0 Å². The molecule has 0 saturated carbocycles. The molecule has 1 saturated heterocycles. The van der Waals surface area contributed by atoms with E-state index in [0.29, 0.717) is 0 Å². The summed E-state index contributed by atoms with van der Waals surface area (Å²) in [4.78, 5) is 2.56. The quantitative estimate of drug-likeness (QED) is 0.708. The molecule has 0 unspecified atom stereocenters. The van der Waals surface area contributed by atoms with E-state index >= 15 is 0 Å². The van der Waals surface area contributed by atoms with Crippen LogP contribution in [0.3, 0.4) is 0 Å². The van der Waals surface area contributed by atoms with Gasteiger partial charge in [0.1, 0.15) is 0 Å². The molecule has 0 spiro atoms. The van der Waals surface area contributed by atoms with E-state index in [0.717, 1.165) is 47.7 Å². The van der Waals surface area contributed by atoms with Gasteiger partial charge in [-0.05, 0) is 62.4 Å². The summed E-state index contributed by atoms with van der Waals surface area (Å²) in [6.45, 7) is 3.43. The van der Waals surface area contributed by atoms with E-state index in [2.05, 4.69) is 40.4 Å². The van der Waals surface area contributed by atoms with Crippen molar-refractivity contribution in [3.8, 4) is 0 Å². The maximum absolute atomic E-state index is 6.10. The Labute approximate surface area is 148 Å². The minimum atomic E-state index is 0.767. The van der Waals surface area contributed by atoms with Crippen LogP contribution in [0.5, 0.6) is 0 Å². The van der Waals surface area contributed by atoms with Gasteiger partial charge >= 0.3 is 0 Å². The predicted molar refractivity (Wildman–Crippen MR) is 101 cm³/mol. The molecule has 25 heavy (non-hydrogen) atoms. The molecule has 2 N–H and O–H groups in total. The number of nitrogen functional groups attached to an aromatic ring is 1. The van der Waals surface area contributed by atoms with Crippen molar-refractivity contribution in [2.75, 3.05) is 18.8 Å². The standard InChI is InChI=1S/C21H25N3O/c22-18-7-4-8-20-21(18)19(23-25-20)10-9-16-11-13-24(14-12-16)15-17-5-2-1-3-6-17/h1-8,16H,9-15,22H2. The molecule has 4 rings (SSSR count). The number of anilines is 1. The van der Waals surface area contributed by atoms with Crippen LogP contribution in [0, 0.1) is 5.92 Å². The fourth-order valence-electron chi connectivity index (χ4n) is 3.87. The van der Waals surface area contributed by atoms with Crippen molar-refractivity contribution in [1.82, 2.24) is 10.1 Å². The zero-order valence-corrected chi connectivity index (χ0v) is 14.5. The van der Waals surface area contributed by atoms with E-state index in [9.17, 15) is 0 Å². The first-order valence-electron chi connectivity index (χ1n) is 9.18. The number of nitrogens with two attached hydrogens (primary N) is 1. The summed E-state index contributed by atoms with van der Waals surface area (Å²) < 4.78 is 5.41. The Kier molecular flexibility index (Phi) is 4.70. The maximum Gasteiger partial charge on any atom is 0.169 e. The van der Waals surface area contributed by atoms with E-state index in [1.165, 1.54) is 31.5 Å². The number of benzene rings is 2. The van der Waals surface area contributed by atoms with E-state index in [-0.39, 0.29) is 0 Å². The molecule has 0 aliphatic carbocycles. The molecule has 4 heteroatoms. The molecular formula is C21H25N3O. The monoisotopic (exact) mass is 335 g/mol. The van der Waals surface area contributed by atoms with Crippen molar-refractivity contribution in [3.63, 3.8) is 0 Å². The third kappa shape index (κ3) is 3.69. The molecule has 4 nitrogen and oxygen atoms in total. The van der Waals surface area contributed by atoms with Gasteiger partial charge in [0.25, 0.3) is 0 Å². The van der Waals surface area contributed by atoms with Gasteiger partial charge in [-0.3, -0.25) is 4.90 Å². The number of likely N-dealkylation sites (tertiary alicyclic amines) is 1. The first-order chi connectivity index (χ1) is 12.3. The van der Waals surface area contributed by atoms with Crippen LogP contribution in [0.1, 0.15) is 30.5 Å². The first kappa shape index (κ1) is 16.2. The van der Waals surface area contributed by atoms with Crippen LogP contribution in [-0.4, -0.2) is 23.1 Å². The van der Waals surface area contributed by atoms with Crippen LogP contribution in [0.2, 0.25) is 0 Å². The average molecular weight is 335 g/mol. The summed E-state index contributed by atoms with van der Waals surface area (Å²) in [6, 6.07) is 16.5. The van der Waals surface area contributed by atoms with Gasteiger partial charge < -0.3 is 10.3 Å². The second-order valence-corrected chi connectivity index (χ2v) is 7.09. The zero-order chi connectivity index (χ0) is 17.1. The third-order valence-corrected chi connectivity index (χ3v) is 5.35. The van der Waals surface area contributed by atoms with E-state index in [4.69, 9.17) is 10.3 Å². The lowest BCUT2D eigenvalue weighted by Crippen LogP contribution is -2.33. The highest BCUT2D eigenvalue weighted by Gasteiger charge is 2.20. The van der Waals surface area contributed by atoms with Crippen molar-refractivity contribution in [2.45, 2.75) is 32.2 Å². The van der Waals surface area contributed by atoms with Crippen LogP contribution in [0.4, 0.5) is 5.69 Å². The van der Waals surface area contributed by atoms with Crippen LogP contribution < -0.4 is 5.73 Å². The number of hydrogen-bond acceptors (Lipinski definition) is 4. The Hall–Kier alpha value is -2.33. The minimum Gasteiger partial charge on any atom is -0.398 e. The Bertz CT molecular complexity index is 820. The third-order valence-electron chi connectivity index (χ3n) is 5.35. The van der Waals surface area contributed by atoms with Gasteiger partial charge in [0.05, 0.1) is 11.1 Å². The summed E-state index contributed by atoms with van der Waals surface area (Å²) in [7, 11) is 0. The van der Waals surface area contributed by atoms with E-state index in [1.807, 2.05) is 18.2 Å². The number of nitrogens with zero attached hydrogens (tertiary/aromatic N) is 2. The Morgan fingerprint density at radius 2 is 1.84 bits per heavy atom. The highest BCUT2D eigenvalue weighted by molar-refractivity contribution is 5.91. The largest absolute Gasteiger partial charge is 0.398 e. The van der Waals surface area contributed by atoms with Crippen molar-refractivity contribution in [2.24, 2.45) is 5.92 Å². The highest BCUT2D eigenvalue weighted by atomic mass is 16.5. The average Bonchev–Trinajstić information content (AvgIpc) is 3.07. The van der Waals surface area contributed by atoms with Gasteiger partial charge in [-0.15, -0.1) is 0 Å². The van der Waals surface area contributed by atoms with Gasteiger partial charge in [-0.25, -0.2) is 0 Å². The van der Waals surface area contributed by atoms with Crippen molar-refractivity contribution >= 4 is 16.7 Å². The molecule has 0 radical (unpaired) electrons. The number of fused-ring (bicyclic) bond motifs is 1. The summed E-state index contributed by atoms with van der Waals surface area (Å²) in [5.74, 6) is 0.767. The van der Waals surface area contributed by atoms with Crippen molar-refractivity contribution in [1.29, 1.82) is 0 Å². The Balaban J connectivity index is 1.30. The first-order valence-corrected chi connectivity index (χ1v) is 9.18. The number of piperidine rings is 1. The summed E-state index contributed by atoms with van der Waals surface area (Å²) in [6.07, 6.45) is 4.63. The Morgan fingerprint density at radius 3 is 2.64 bits per heavy atom. The fourth-order valence-corrected chi connectivity index (χ4v) is 3.87. The molecule has 0 atom stereocenters. The van der Waals surface area contributed by atoms with Crippen molar-refractivity contribution in [3.05, 3.63) is 59.8 Å². The molecule has 1 aromatic heterocycles. The SMILES string of the molecule is Nc1cccc2onc(CCC3CCN(Cc4ccccc4)CC3)c12. The number of aryl methyl sites for hydroxylation is 1. The fraction of sp³-hybridized carbons (Fsp3) is 0.381. The number of hydrogen-bond donors (Lipinski definition) is 1. The molecular weight excluding hydrogens is 310 g/mol. The molecule has 2 heterocycles. The van der Waals surface area contributed by atoms with E-state index in [1.54, 1.807) is 0 Å². The van der Waals surface area contributed by atoms with Gasteiger partial charge in [0.2, 0.25) is 0 Å². The molecule has 3 aromatic rings. The lowest BCUT2D eigenvalue weighted by Gasteiger charge is -2.32. The van der Waals surface area contributed by atoms with Gasteiger partial charge in [0.15, 0.2) is 5.58 Å². The molecule has 1 fully saturated rings. The zero-order valence-electron chi connectivity index (χ0n) is 14.5. The molecule has 1 aliphatic heterocycles. The second kappa shape index (κ2) is 7.28.